The number of ether oxygens (including phenoxy) is 1. The summed E-state index contributed by atoms with van der Waals surface area (Å²) in [5.74, 6) is -1.08. The van der Waals surface area contributed by atoms with Crippen LogP contribution in [0.1, 0.15) is 44.0 Å². The van der Waals surface area contributed by atoms with Gasteiger partial charge in [-0.2, -0.15) is 4.31 Å². The Morgan fingerprint density at radius 1 is 1.24 bits per heavy atom. The minimum atomic E-state index is -3.70. The molecule has 0 heterocycles. The van der Waals surface area contributed by atoms with Crippen LogP contribution >= 0.6 is 0 Å². The van der Waals surface area contributed by atoms with Gasteiger partial charge in [-0.1, -0.05) is 6.07 Å². The van der Waals surface area contributed by atoms with Gasteiger partial charge in [-0.05, 0) is 51.8 Å². The summed E-state index contributed by atoms with van der Waals surface area (Å²) in [6.45, 7) is 5.01. The van der Waals surface area contributed by atoms with Gasteiger partial charge in [0.15, 0.2) is 6.10 Å². The van der Waals surface area contributed by atoms with E-state index in [4.69, 9.17) is 4.74 Å². The zero-order chi connectivity index (χ0) is 18.8. The molecule has 1 N–H and O–H groups in total. The van der Waals surface area contributed by atoms with E-state index in [0.717, 1.165) is 12.8 Å². The van der Waals surface area contributed by atoms with Gasteiger partial charge >= 0.3 is 5.97 Å². The molecule has 0 bridgehead atoms. The Balaban J connectivity index is 2.12. The third-order valence-corrected chi connectivity index (χ3v) is 6.08. The summed E-state index contributed by atoms with van der Waals surface area (Å²) in [7, 11) is -2.22. The Kier molecular flexibility index (Phi) is 5.84. The number of sulfonamides is 1. The second kappa shape index (κ2) is 7.53. The fourth-order valence-corrected chi connectivity index (χ4v) is 3.47. The van der Waals surface area contributed by atoms with Crippen molar-refractivity contribution in [2.45, 2.75) is 56.7 Å². The monoisotopic (exact) mass is 368 g/mol. The Morgan fingerprint density at radius 2 is 1.88 bits per heavy atom. The molecule has 0 saturated heterocycles. The predicted molar refractivity (Wildman–Crippen MR) is 92.6 cm³/mol. The molecule has 1 aliphatic rings. The lowest BCUT2D eigenvalue weighted by molar-refractivity contribution is -0.129. The number of hydrogen-bond donors (Lipinski definition) is 1. The minimum absolute atomic E-state index is 0.00763. The first-order valence-electron chi connectivity index (χ1n) is 8.22. The lowest BCUT2D eigenvalue weighted by atomic mass is 10.2. The molecule has 0 aromatic heterocycles. The maximum Gasteiger partial charge on any atom is 0.338 e. The second-order valence-electron chi connectivity index (χ2n) is 6.47. The molecule has 0 spiro atoms. The van der Waals surface area contributed by atoms with Crippen LogP contribution in [0.5, 0.6) is 0 Å². The standard InChI is InChI=1S/C17H24N2O5S/c1-11(2)19(4)25(22,23)15-7-5-6-13(10-15)17(21)24-12(3)16(20)18-14-8-9-14/h5-7,10-12,14H,8-9H2,1-4H3,(H,18,20). The van der Waals surface area contributed by atoms with Gasteiger partial charge < -0.3 is 10.1 Å². The van der Waals surface area contributed by atoms with Crippen molar-refractivity contribution in [2.24, 2.45) is 0 Å². The largest absolute Gasteiger partial charge is 0.449 e. The number of nitrogens with zero attached hydrogens (tertiary/aromatic N) is 1. The molecule has 7 nitrogen and oxygen atoms in total. The van der Waals surface area contributed by atoms with Crippen LogP contribution in [0.4, 0.5) is 0 Å². The summed E-state index contributed by atoms with van der Waals surface area (Å²) in [6, 6.07) is 5.59. The van der Waals surface area contributed by atoms with Crippen LogP contribution in [0, 0.1) is 0 Å². The van der Waals surface area contributed by atoms with Crippen molar-refractivity contribution in [1.29, 1.82) is 0 Å². The number of hydrogen-bond acceptors (Lipinski definition) is 5. The van der Waals surface area contributed by atoms with Crippen molar-refractivity contribution in [3.63, 3.8) is 0 Å². The Morgan fingerprint density at radius 3 is 2.44 bits per heavy atom. The van der Waals surface area contributed by atoms with E-state index in [1.54, 1.807) is 13.8 Å². The van der Waals surface area contributed by atoms with Crippen LogP contribution in [-0.4, -0.2) is 49.8 Å². The normalized spacial score (nSPS) is 15.9. The van der Waals surface area contributed by atoms with E-state index in [0.29, 0.717) is 0 Å². The van der Waals surface area contributed by atoms with Crippen LogP contribution in [0.25, 0.3) is 0 Å². The molecule has 1 saturated carbocycles. The number of carbonyl (C=O) groups is 2. The van der Waals surface area contributed by atoms with Crippen molar-refractivity contribution in [2.75, 3.05) is 7.05 Å². The lowest BCUT2D eigenvalue weighted by Crippen LogP contribution is -2.37. The number of esters is 1. The zero-order valence-corrected chi connectivity index (χ0v) is 15.7. The molecule has 138 valence electrons. The molecule has 1 aliphatic carbocycles. The SMILES string of the molecule is CC(OC(=O)c1cccc(S(=O)(=O)N(C)C(C)C)c1)C(=O)NC1CC1. The maximum atomic E-state index is 12.5. The van der Waals surface area contributed by atoms with Gasteiger partial charge in [0.2, 0.25) is 10.0 Å². The van der Waals surface area contributed by atoms with E-state index in [1.165, 1.54) is 42.5 Å². The molecule has 25 heavy (non-hydrogen) atoms. The van der Waals surface area contributed by atoms with Crippen LogP contribution in [-0.2, 0) is 19.6 Å². The molecular weight excluding hydrogens is 344 g/mol. The van der Waals surface area contributed by atoms with Gasteiger partial charge in [0, 0.05) is 19.1 Å². The van der Waals surface area contributed by atoms with Crippen LogP contribution in [0.15, 0.2) is 29.2 Å². The first-order chi connectivity index (χ1) is 11.6. The highest BCUT2D eigenvalue weighted by atomic mass is 32.2. The fraction of sp³-hybridized carbons (Fsp3) is 0.529. The van der Waals surface area contributed by atoms with Crippen LogP contribution < -0.4 is 5.32 Å². The number of benzene rings is 1. The minimum Gasteiger partial charge on any atom is -0.449 e. The van der Waals surface area contributed by atoms with E-state index in [-0.39, 0.29) is 28.4 Å². The predicted octanol–water partition coefficient (Wildman–Crippen LogP) is 1.54. The summed E-state index contributed by atoms with van der Waals surface area (Å²) in [6.07, 6.45) is 0.942. The zero-order valence-electron chi connectivity index (χ0n) is 14.9. The van der Waals surface area contributed by atoms with Crippen molar-refractivity contribution in [3.8, 4) is 0 Å². The smallest absolute Gasteiger partial charge is 0.338 e. The summed E-state index contributed by atoms with van der Waals surface area (Å²) >= 11 is 0. The van der Waals surface area contributed by atoms with Crippen molar-refractivity contribution in [1.82, 2.24) is 9.62 Å². The Labute approximate surface area is 148 Å². The van der Waals surface area contributed by atoms with Crippen molar-refractivity contribution in [3.05, 3.63) is 29.8 Å². The van der Waals surface area contributed by atoms with Gasteiger partial charge in [0.05, 0.1) is 10.5 Å². The second-order valence-corrected chi connectivity index (χ2v) is 8.47. The molecular formula is C17H24N2O5S. The maximum absolute atomic E-state index is 12.5. The topological polar surface area (TPSA) is 92.8 Å². The summed E-state index contributed by atoms with van der Waals surface area (Å²) in [5, 5.41) is 2.75. The third-order valence-electron chi connectivity index (χ3n) is 4.05. The van der Waals surface area contributed by atoms with E-state index in [1.807, 2.05) is 0 Å². The molecule has 1 amide bonds. The fourth-order valence-electron chi connectivity index (χ4n) is 2.06. The highest BCUT2D eigenvalue weighted by Crippen LogP contribution is 2.20. The van der Waals surface area contributed by atoms with Gasteiger partial charge in [-0.25, -0.2) is 13.2 Å². The molecule has 1 aromatic carbocycles. The number of amides is 1. The van der Waals surface area contributed by atoms with E-state index in [9.17, 15) is 18.0 Å². The molecule has 2 rings (SSSR count). The van der Waals surface area contributed by atoms with Crippen LogP contribution in [0.3, 0.4) is 0 Å². The average molecular weight is 368 g/mol. The third kappa shape index (κ3) is 4.79. The first kappa shape index (κ1) is 19.4. The van der Waals surface area contributed by atoms with E-state index in [2.05, 4.69) is 5.32 Å². The number of carbonyl (C=O) groups excluding carboxylic acids is 2. The highest BCUT2D eigenvalue weighted by Gasteiger charge is 2.28. The van der Waals surface area contributed by atoms with Gasteiger partial charge in [-0.15, -0.1) is 0 Å². The summed E-state index contributed by atoms with van der Waals surface area (Å²) < 4.78 is 31.4. The quantitative estimate of drug-likeness (QED) is 0.737. The highest BCUT2D eigenvalue weighted by molar-refractivity contribution is 7.89. The average Bonchev–Trinajstić information content (AvgIpc) is 3.37. The van der Waals surface area contributed by atoms with Crippen molar-refractivity contribution < 1.29 is 22.7 Å². The summed E-state index contributed by atoms with van der Waals surface area (Å²) in [4.78, 5) is 24.1. The summed E-state index contributed by atoms with van der Waals surface area (Å²) in [5.41, 5.74) is 0.0873. The number of rotatable bonds is 7. The lowest BCUT2D eigenvalue weighted by Gasteiger charge is -2.21. The van der Waals surface area contributed by atoms with E-state index >= 15 is 0 Å². The molecule has 8 heteroatoms. The van der Waals surface area contributed by atoms with Crippen LogP contribution in [0.2, 0.25) is 0 Å². The Hall–Kier alpha value is -1.93. The van der Waals surface area contributed by atoms with Gasteiger partial charge in [0.1, 0.15) is 0 Å². The van der Waals surface area contributed by atoms with Gasteiger partial charge in [0.25, 0.3) is 5.91 Å². The van der Waals surface area contributed by atoms with Crippen molar-refractivity contribution >= 4 is 21.9 Å². The molecule has 1 atom stereocenters. The molecule has 1 unspecified atom stereocenters. The Bertz CT molecular complexity index is 756. The van der Waals surface area contributed by atoms with E-state index < -0.39 is 22.1 Å². The van der Waals surface area contributed by atoms with Gasteiger partial charge in [-0.3, -0.25) is 4.79 Å². The molecule has 0 radical (unpaired) electrons. The molecule has 1 fully saturated rings. The first-order valence-corrected chi connectivity index (χ1v) is 9.66. The molecule has 1 aromatic rings. The number of nitrogens with one attached hydrogen (secondary N) is 1. The molecule has 0 aliphatic heterocycles.